The van der Waals surface area contributed by atoms with Gasteiger partial charge >= 0.3 is 0 Å². The molecule has 0 aliphatic carbocycles. The number of amides is 1. The minimum atomic E-state index is -0.231. The fourth-order valence-corrected chi connectivity index (χ4v) is 2.29. The van der Waals surface area contributed by atoms with E-state index in [1.54, 1.807) is 18.2 Å². The Balaban J connectivity index is 1.75. The van der Waals surface area contributed by atoms with Gasteiger partial charge in [-0.3, -0.25) is 4.79 Å². The summed E-state index contributed by atoms with van der Waals surface area (Å²) in [5, 5.41) is 5.91. The number of hydrogen-bond donors (Lipinski definition) is 2. The zero-order valence-corrected chi connectivity index (χ0v) is 12.9. The minimum Gasteiger partial charge on any atom is -0.376 e. The van der Waals surface area contributed by atoms with Crippen LogP contribution < -0.4 is 10.6 Å². The summed E-state index contributed by atoms with van der Waals surface area (Å²) < 4.78 is 13.4. The molecule has 0 aliphatic rings. The summed E-state index contributed by atoms with van der Waals surface area (Å²) in [4.78, 5) is 11.8. The van der Waals surface area contributed by atoms with Gasteiger partial charge < -0.3 is 10.6 Å². The van der Waals surface area contributed by atoms with E-state index in [4.69, 9.17) is 0 Å². The predicted octanol–water partition coefficient (Wildman–Crippen LogP) is 3.21. The number of benzene rings is 2. The Morgan fingerprint density at radius 3 is 2.64 bits per heavy atom. The summed E-state index contributed by atoms with van der Waals surface area (Å²) in [6.07, 6.45) is 0.488. The molecule has 0 aliphatic heterocycles. The van der Waals surface area contributed by atoms with Crippen molar-refractivity contribution in [3.05, 3.63) is 65.0 Å². The lowest BCUT2D eigenvalue weighted by atomic mass is 10.1. The van der Waals surface area contributed by atoms with Crippen LogP contribution in [-0.2, 0) is 11.2 Å². The third-order valence-corrected chi connectivity index (χ3v) is 3.50. The van der Waals surface area contributed by atoms with Crippen LogP contribution in [0.2, 0.25) is 0 Å². The second-order valence-corrected chi connectivity index (χ2v) is 5.36. The summed E-state index contributed by atoms with van der Waals surface area (Å²) in [6.45, 7) is 4.67. The molecular weight excluding hydrogens is 279 g/mol. The second kappa shape index (κ2) is 7.59. The molecule has 4 heteroatoms. The number of anilines is 1. The Bertz CT molecular complexity index is 655. The molecule has 2 N–H and O–H groups in total. The highest BCUT2D eigenvalue weighted by atomic mass is 19.1. The van der Waals surface area contributed by atoms with E-state index in [1.807, 2.05) is 26.0 Å². The van der Waals surface area contributed by atoms with Crippen LogP contribution in [0.15, 0.2) is 42.5 Å². The van der Waals surface area contributed by atoms with Crippen molar-refractivity contribution in [2.24, 2.45) is 0 Å². The van der Waals surface area contributed by atoms with Gasteiger partial charge in [-0.15, -0.1) is 0 Å². The van der Waals surface area contributed by atoms with Crippen LogP contribution in [0, 0.1) is 19.7 Å². The number of rotatable bonds is 6. The van der Waals surface area contributed by atoms with Gasteiger partial charge in [0, 0.05) is 12.2 Å². The summed E-state index contributed by atoms with van der Waals surface area (Å²) in [6, 6.07) is 12.7. The van der Waals surface area contributed by atoms with Gasteiger partial charge in [-0.1, -0.05) is 35.9 Å². The quantitative estimate of drug-likeness (QED) is 0.860. The molecule has 1 amide bonds. The Kier molecular flexibility index (Phi) is 5.53. The van der Waals surface area contributed by atoms with E-state index in [9.17, 15) is 9.18 Å². The zero-order valence-electron chi connectivity index (χ0n) is 12.9. The molecule has 0 atom stereocenters. The first-order valence-corrected chi connectivity index (χ1v) is 7.37. The number of carbonyl (C=O) groups is 1. The number of halogens is 1. The first kappa shape index (κ1) is 16.0. The highest BCUT2D eigenvalue weighted by Crippen LogP contribution is 2.15. The molecular formula is C18H21FN2O. The third kappa shape index (κ3) is 4.58. The molecule has 116 valence electrons. The van der Waals surface area contributed by atoms with E-state index in [-0.39, 0.29) is 18.3 Å². The van der Waals surface area contributed by atoms with E-state index in [2.05, 4.69) is 16.7 Å². The van der Waals surface area contributed by atoms with Gasteiger partial charge in [0.1, 0.15) is 5.82 Å². The molecule has 0 unspecified atom stereocenters. The maximum atomic E-state index is 13.4. The largest absolute Gasteiger partial charge is 0.376 e. The van der Waals surface area contributed by atoms with E-state index in [0.717, 1.165) is 11.3 Å². The Labute approximate surface area is 130 Å². The fourth-order valence-electron chi connectivity index (χ4n) is 2.29. The number of hydrogen-bond acceptors (Lipinski definition) is 2. The average molecular weight is 300 g/mol. The monoisotopic (exact) mass is 300 g/mol. The molecule has 0 radical (unpaired) electrons. The van der Waals surface area contributed by atoms with E-state index < -0.39 is 0 Å². The van der Waals surface area contributed by atoms with E-state index >= 15 is 0 Å². The molecule has 0 spiro atoms. The van der Waals surface area contributed by atoms with Gasteiger partial charge in [-0.2, -0.15) is 0 Å². The van der Waals surface area contributed by atoms with Crippen molar-refractivity contribution >= 4 is 11.6 Å². The molecule has 0 saturated heterocycles. The smallest absolute Gasteiger partial charge is 0.239 e. The molecule has 3 nitrogen and oxygen atoms in total. The van der Waals surface area contributed by atoms with Crippen molar-refractivity contribution in [3.63, 3.8) is 0 Å². The van der Waals surface area contributed by atoms with Gasteiger partial charge in [0.15, 0.2) is 0 Å². The lowest BCUT2D eigenvalue weighted by Gasteiger charge is -2.11. The topological polar surface area (TPSA) is 41.1 Å². The number of aryl methyl sites for hydroxylation is 2. The molecule has 2 aromatic rings. The van der Waals surface area contributed by atoms with Gasteiger partial charge in [-0.25, -0.2) is 4.39 Å². The molecule has 0 heterocycles. The highest BCUT2D eigenvalue weighted by molar-refractivity contribution is 5.80. The average Bonchev–Trinajstić information content (AvgIpc) is 2.48. The van der Waals surface area contributed by atoms with Crippen LogP contribution in [0.3, 0.4) is 0 Å². The second-order valence-electron chi connectivity index (χ2n) is 5.36. The molecule has 22 heavy (non-hydrogen) atoms. The summed E-state index contributed by atoms with van der Waals surface area (Å²) in [5.41, 5.74) is 3.87. The first-order chi connectivity index (χ1) is 10.6. The van der Waals surface area contributed by atoms with Crippen molar-refractivity contribution in [2.75, 3.05) is 18.4 Å². The van der Waals surface area contributed by atoms with Crippen molar-refractivity contribution in [1.82, 2.24) is 5.32 Å². The lowest BCUT2D eigenvalue weighted by Crippen LogP contribution is -2.31. The Hall–Kier alpha value is -2.36. The predicted molar refractivity (Wildman–Crippen MR) is 87.5 cm³/mol. The van der Waals surface area contributed by atoms with Crippen LogP contribution in [0.1, 0.15) is 16.7 Å². The van der Waals surface area contributed by atoms with Gasteiger partial charge in [0.25, 0.3) is 0 Å². The molecule has 0 bridgehead atoms. The molecule has 2 rings (SSSR count). The summed E-state index contributed by atoms with van der Waals surface area (Å²) >= 11 is 0. The normalized spacial score (nSPS) is 10.3. The minimum absolute atomic E-state index is 0.101. The van der Waals surface area contributed by atoms with Crippen molar-refractivity contribution < 1.29 is 9.18 Å². The van der Waals surface area contributed by atoms with Crippen LogP contribution in [-0.4, -0.2) is 19.0 Å². The third-order valence-electron chi connectivity index (χ3n) is 3.50. The molecule has 0 aromatic heterocycles. The molecule has 0 fully saturated rings. The standard InChI is InChI=1S/C18H21FN2O/c1-13-7-8-17(14(2)11-13)21-12-18(22)20-10-9-15-5-3-4-6-16(15)19/h3-8,11,21H,9-10,12H2,1-2H3,(H,20,22). The molecule has 2 aromatic carbocycles. The van der Waals surface area contributed by atoms with Crippen molar-refractivity contribution in [3.8, 4) is 0 Å². The van der Waals surface area contributed by atoms with Crippen LogP contribution in [0.5, 0.6) is 0 Å². The van der Waals surface area contributed by atoms with E-state index in [1.165, 1.54) is 11.6 Å². The maximum Gasteiger partial charge on any atom is 0.239 e. The lowest BCUT2D eigenvalue weighted by molar-refractivity contribution is -0.119. The van der Waals surface area contributed by atoms with Gasteiger partial charge in [-0.05, 0) is 43.5 Å². The Morgan fingerprint density at radius 2 is 1.91 bits per heavy atom. The SMILES string of the molecule is Cc1ccc(NCC(=O)NCCc2ccccc2F)c(C)c1. The zero-order chi connectivity index (χ0) is 15.9. The van der Waals surface area contributed by atoms with Gasteiger partial charge in [0.05, 0.1) is 6.54 Å². The van der Waals surface area contributed by atoms with Crippen molar-refractivity contribution in [2.45, 2.75) is 20.3 Å². The van der Waals surface area contributed by atoms with Gasteiger partial charge in [0.2, 0.25) is 5.91 Å². The van der Waals surface area contributed by atoms with Crippen LogP contribution >= 0.6 is 0 Å². The summed E-state index contributed by atoms with van der Waals surface area (Å²) in [5.74, 6) is -0.332. The maximum absolute atomic E-state index is 13.4. The fraction of sp³-hybridized carbons (Fsp3) is 0.278. The number of carbonyl (C=O) groups excluding carboxylic acids is 1. The molecule has 0 saturated carbocycles. The number of nitrogens with one attached hydrogen (secondary N) is 2. The van der Waals surface area contributed by atoms with Crippen LogP contribution in [0.25, 0.3) is 0 Å². The highest BCUT2D eigenvalue weighted by Gasteiger charge is 2.04. The summed E-state index contributed by atoms with van der Waals surface area (Å²) in [7, 11) is 0. The first-order valence-electron chi connectivity index (χ1n) is 7.37. The Morgan fingerprint density at radius 1 is 1.14 bits per heavy atom. The van der Waals surface area contributed by atoms with Crippen LogP contribution in [0.4, 0.5) is 10.1 Å². The van der Waals surface area contributed by atoms with Crippen molar-refractivity contribution in [1.29, 1.82) is 0 Å². The van der Waals surface area contributed by atoms with E-state index in [0.29, 0.717) is 18.5 Å².